The van der Waals surface area contributed by atoms with E-state index in [9.17, 15) is 14.0 Å². The molecule has 0 atom stereocenters. The quantitative estimate of drug-likeness (QED) is 0.590. The molecule has 0 aromatic heterocycles. The molecule has 26 heavy (non-hydrogen) atoms. The van der Waals surface area contributed by atoms with Crippen LogP contribution in [0, 0.1) is 5.82 Å². The molecular weight excluding hydrogens is 376 g/mol. The summed E-state index contributed by atoms with van der Waals surface area (Å²) in [5.41, 5.74) is 1.06. The lowest BCUT2D eigenvalue weighted by Gasteiger charge is -2.12. The lowest BCUT2D eigenvalue weighted by molar-refractivity contribution is 0.102. The maximum Gasteiger partial charge on any atom is 0.255 e. The highest BCUT2D eigenvalue weighted by atomic mass is 35.5. The van der Waals surface area contributed by atoms with Gasteiger partial charge in [0.25, 0.3) is 5.91 Å². The summed E-state index contributed by atoms with van der Waals surface area (Å²) in [6, 6.07) is 16.3. The fourth-order valence-corrected chi connectivity index (χ4v) is 2.79. The van der Waals surface area contributed by atoms with E-state index in [-0.39, 0.29) is 22.6 Å². The van der Waals surface area contributed by atoms with Crippen LogP contribution in [0.25, 0.3) is 0 Å². The first-order chi connectivity index (χ1) is 12.5. The predicted molar refractivity (Wildman–Crippen MR) is 101 cm³/mol. The van der Waals surface area contributed by atoms with Crippen molar-refractivity contribution in [2.45, 2.75) is 0 Å². The summed E-state index contributed by atoms with van der Waals surface area (Å²) < 4.78 is 13.0. The van der Waals surface area contributed by atoms with Gasteiger partial charge in [-0.1, -0.05) is 35.3 Å². The Morgan fingerprint density at radius 2 is 1.54 bits per heavy atom. The van der Waals surface area contributed by atoms with Crippen molar-refractivity contribution < 1.29 is 14.0 Å². The van der Waals surface area contributed by atoms with Gasteiger partial charge in [-0.25, -0.2) is 4.39 Å². The Labute approximate surface area is 159 Å². The molecule has 3 aromatic carbocycles. The van der Waals surface area contributed by atoms with Crippen LogP contribution < -0.4 is 5.32 Å². The molecule has 0 aliphatic heterocycles. The number of ketones is 1. The molecular formula is C20H12Cl2FNO2. The van der Waals surface area contributed by atoms with Crippen LogP contribution in [-0.2, 0) is 0 Å². The standard InChI is InChI=1S/C20H12Cl2FNO2/c21-13-7-10-18(24-20(26)12-5-8-14(23)9-6-12)16(11-13)19(25)15-3-1-2-4-17(15)22/h1-11H,(H,24,26). The molecule has 0 spiro atoms. The lowest BCUT2D eigenvalue weighted by atomic mass is 10.0. The molecule has 0 saturated heterocycles. The molecule has 0 heterocycles. The number of carbonyl (C=O) groups excluding carboxylic acids is 2. The molecule has 0 bridgehead atoms. The van der Waals surface area contributed by atoms with Gasteiger partial charge in [-0.3, -0.25) is 9.59 Å². The topological polar surface area (TPSA) is 46.2 Å². The minimum atomic E-state index is -0.472. The van der Waals surface area contributed by atoms with Gasteiger partial charge in [0.2, 0.25) is 0 Å². The van der Waals surface area contributed by atoms with E-state index in [2.05, 4.69) is 5.32 Å². The van der Waals surface area contributed by atoms with Gasteiger partial charge in [0, 0.05) is 21.7 Å². The third kappa shape index (κ3) is 3.93. The Morgan fingerprint density at radius 3 is 2.23 bits per heavy atom. The van der Waals surface area contributed by atoms with Gasteiger partial charge in [-0.05, 0) is 54.6 Å². The summed E-state index contributed by atoms with van der Waals surface area (Å²) in [5, 5.41) is 3.31. The van der Waals surface area contributed by atoms with Crippen molar-refractivity contribution in [3.8, 4) is 0 Å². The van der Waals surface area contributed by atoms with Gasteiger partial charge in [-0.2, -0.15) is 0 Å². The van der Waals surface area contributed by atoms with Crippen LogP contribution in [0.15, 0.2) is 66.7 Å². The minimum Gasteiger partial charge on any atom is -0.321 e. The summed E-state index contributed by atoms with van der Waals surface area (Å²) in [4.78, 5) is 25.2. The van der Waals surface area contributed by atoms with Gasteiger partial charge in [0.1, 0.15) is 5.82 Å². The van der Waals surface area contributed by atoms with Gasteiger partial charge < -0.3 is 5.32 Å². The molecule has 3 nitrogen and oxygen atoms in total. The van der Waals surface area contributed by atoms with Crippen LogP contribution in [0.2, 0.25) is 10.0 Å². The summed E-state index contributed by atoms with van der Waals surface area (Å²) in [6.45, 7) is 0. The second-order valence-electron chi connectivity index (χ2n) is 5.46. The van der Waals surface area contributed by atoms with Crippen LogP contribution in [0.3, 0.4) is 0 Å². The van der Waals surface area contributed by atoms with E-state index < -0.39 is 11.7 Å². The highest BCUT2D eigenvalue weighted by molar-refractivity contribution is 6.36. The van der Waals surface area contributed by atoms with E-state index in [1.807, 2.05) is 0 Å². The number of hydrogen-bond acceptors (Lipinski definition) is 2. The molecule has 0 unspecified atom stereocenters. The largest absolute Gasteiger partial charge is 0.321 e. The van der Waals surface area contributed by atoms with Crippen LogP contribution in [0.5, 0.6) is 0 Å². The number of halogens is 3. The van der Waals surface area contributed by atoms with Crippen molar-refractivity contribution in [2.75, 3.05) is 5.32 Å². The summed E-state index contributed by atoms with van der Waals surface area (Å²) in [5.74, 6) is -1.28. The highest BCUT2D eigenvalue weighted by Crippen LogP contribution is 2.27. The fraction of sp³-hybridized carbons (Fsp3) is 0. The smallest absolute Gasteiger partial charge is 0.255 e. The van der Waals surface area contributed by atoms with Crippen LogP contribution in [-0.4, -0.2) is 11.7 Å². The molecule has 0 saturated carbocycles. The fourth-order valence-electron chi connectivity index (χ4n) is 2.40. The third-order valence-electron chi connectivity index (χ3n) is 3.70. The Bertz CT molecular complexity index is 987. The first kappa shape index (κ1) is 18.1. The molecule has 3 aromatic rings. The predicted octanol–water partition coefficient (Wildman–Crippen LogP) is 5.62. The van der Waals surface area contributed by atoms with Crippen LogP contribution in [0.4, 0.5) is 10.1 Å². The number of hydrogen-bond donors (Lipinski definition) is 1. The molecule has 130 valence electrons. The molecule has 0 aliphatic carbocycles. The van der Waals surface area contributed by atoms with E-state index in [0.29, 0.717) is 15.6 Å². The molecule has 1 N–H and O–H groups in total. The number of benzene rings is 3. The van der Waals surface area contributed by atoms with Crippen molar-refractivity contribution in [1.29, 1.82) is 0 Å². The summed E-state index contributed by atoms with van der Waals surface area (Å²) >= 11 is 12.1. The molecule has 3 rings (SSSR count). The molecule has 1 amide bonds. The normalized spacial score (nSPS) is 10.4. The Kier molecular flexibility index (Phi) is 5.35. The highest BCUT2D eigenvalue weighted by Gasteiger charge is 2.18. The van der Waals surface area contributed by atoms with Crippen LogP contribution in [0.1, 0.15) is 26.3 Å². The van der Waals surface area contributed by atoms with Crippen molar-refractivity contribution in [3.05, 3.63) is 99.3 Å². The first-order valence-corrected chi connectivity index (χ1v) is 8.37. The zero-order valence-electron chi connectivity index (χ0n) is 13.3. The SMILES string of the molecule is O=C(Nc1ccc(Cl)cc1C(=O)c1ccccc1Cl)c1ccc(F)cc1. The van der Waals surface area contributed by atoms with E-state index in [1.165, 1.54) is 36.4 Å². The van der Waals surface area contributed by atoms with Gasteiger partial charge in [0.15, 0.2) is 5.78 Å². The average molecular weight is 388 g/mol. The zero-order valence-corrected chi connectivity index (χ0v) is 14.8. The first-order valence-electron chi connectivity index (χ1n) is 7.61. The maximum atomic E-state index is 13.0. The van der Waals surface area contributed by atoms with Crippen LogP contribution >= 0.6 is 23.2 Å². The molecule has 0 radical (unpaired) electrons. The number of rotatable bonds is 4. The van der Waals surface area contributed by atoms with Crippen molar-refractivity contribution >= 4 is 40.6 Å². The van der Waals surface area contributed by atoms with Crippen molar-refractivity contribution in [2.24, 2.45) is 0 Å². The second kappa shape index (κ2) is 7.68. The molecule has 0 fully saturated rings. The lowest BCUT2D eigenvalue weighted by Crippen LogP contribution is -2.15. The average Bonchev–Trinajstić information content (AvgIpc) is 2.63. The van der Waals surface area contributed by atoms with E-state index >= 15 is 0 Å². The Morgan fingerprint density at radius 1 is 0.846 bits per heavy atom. The van der Waals surface area contributed by atoms with Gasteiger partial charge in [-0.15, -0.1) is 0 Å². The second-order valence-corrected chi connectivity index (χ2v) is 6.30. The van der Waals surface area contributed by atoms with Crippen molar-refractivity contribution in [1.82, 2.24) is 0 Å². The Hall–Kier alpha value is -2.69. The summed E-state index contributed by atoms with van der Waals surface area (Å²) in [7, 11) is 0. The minimum absolute atomic E-state index is 0.209. The number of nitrogens with one attached hydrogen (secondary N) is 1. The van der Waals surface area contributed by atoms with Gasteiger partial charge in [0.05, 0.1) is 10.7 Å². The summed E-state index contributed by atoms with van der Waals surface area (Å²) in [6.07, 6.45) is 0. The third-order valence-corrected chi connectivity index (χ3v) is 4.26. The zero-order chi connectivity index (χ0) is 18.7. The van der Waals surface area contributed by atoms with E-state index in [4.69, 9.17) is 23.2 Å². The molecule has 0 aliphatic rings. The van der Waals surface area contributed by atoms with E-state index in [1.54, 1.807) is 30.3 Å². The van der Waals surface area contributed by atoms with Crippen molar-refractivity contribution in [3.63, 3.8) is 0 Å². The number of anilines is 1. The Balaban J connectivity index is 1.96. The maximum absolute atomic E-state index is 13.0. The van der Waals surface area contributed by atoms with E-state index in [0.717, 1.165) is 0 Å². The number of carbonyl (C=O) groups is 2. The van der Waals surface area contributed by atoms with Gasteiger partial charge >= 0.3 is 0 Å². The number of amides is 1. The monoisotopic (exact) mass is 387 g/mol. The molecule has 6 heteroatoms.